The Morgan fingerprint density at radius 2 is 1.73 bits per heavy atom. The first-order valence-electron chi connectivity index (χ1n) is 11.5. The number of rotatable bonds is 8. The van der Waals surface area contributed by atoms with E-state index in [0.717, 1.165) is 35.3 Å². The standard InChI is InChI=1S/C25H31N5O3/c1-33-21-10-7-20(8-11-21)9-12-24(31)28-15-17-29(18-16-28)25(32)26-13-4-14-30-19-27-22-5-2-3-6-23(22)30/h2-3,5-8,10-11,19H,4,9,12-18H2,1H3,(H,26,32). The number of aryl methyl sites for hydroxylation is 2. The second-order valence-corrected chi connectivity index (χ2v) is 8.23. The van der Waals surface area contributed by atoms with E-state index in [9.17, 15) is 9.59 Å². The molecule has 33 heavy (non-hydrogen) atoms. The Morgan fingerprint density at radius 3 is 2.48 bits per heavy atom. The summed E-state index contributed by atoms with van der Waals surface area (Å²) >= 11 is 0. The van der Waals surface area contributed by atoms with E-state index in [1.807, 2.05) is 53.7 Å². The predicted molar refractivity (Wildman–Crippen MR) is 127 cm³/mol. The van der Waals surface area contributed by atoms with Gasteiger partial charge in [-0.05, 0) is 42.7 Å². The number of aromatic nitrogens is 2. The van der Waals surface area contributed by atoms with Crippen molar-refractivity contribution in [3.8, 4) is 5.75 Å². The Balaban J connectivity index is 1.14. The summed E-state index contributed by atoms with van der Waals surface area (Å²) in [6.45, 7) is 3.69. The number of imidazole rings is 1. The number of para-hydroxylation sites is 2. The summed E-state index contributed by atoms with van der Waals surface area (Å²) in [6.07, 6.45) is 3.85. The molecule has 1 fully saturated rings. The van der Waals surface area contributed by atoms with E-state index in [1.165, 1.54) is 0 Å². The monoisotopic (exact) mass is 449 g/mol. The minimum Gasteiger partial charge on any atom is -0.497 e. The van der Waals surface area contributed by atoms with Crippen molar-refractivity contribution in [3.63, 3.8) is 0 Å². The van der Waals surface area contributed by atoms with Crippen molar-refractivity contribution in [2.45, 2.75) is 25.8 Å². The second-order valence-electron chi connectivity index (χ2n) is 8.23. The van der Waals surface area contributed by atoms with Gasteiger partial charge in [-0.25, -0.2) is 9.78 Å². The van der Waals surface area contributed by atoms with Crippen molar-refractivity contribution in [2.24, 2.45) is 0 Å². The summed E-state index contributed by atoms with van der Waals surface area (Å²) in [6, 6.07) is 15.8. The van der Waals surface area contributed by atoms with Gasteiger partial charge in [0.25, 0.3) is 0 Å². The van der Waals surface area contributed by atoms with Crippen molar-refractivity contribution in [2.75, 3.05) is 39.8 Å². The fraction of sp³-hybridized carbons (Fsp3) is 0.400. The predicted octanol–water partition coefficient (Wildman–Crippen LogP) is 2.92. The van der Waals surface area contributed by atoms with Crippen LogP contribution in [0, 0.1) is 0 Å². The highest BCUT2D eigenvalue weighted by atomic mass is 16.5. The maximum atomic E-state index is 12.6. The third-order valence-corrected chi connectivity index (χ3v) is 6.09. The van der Waals surface area contributed by atoms with E-state index >= 15 is 0 Å². The lowest BCUT2D eigenvalue weighted by Crippen LogP contribution is -2.53. The molecule has 0 saturated carbocycles. The summed E-state index contributed by atoms with van der Waals surface area (Å²) in [4.78, 5) is 33.1. The molecule has 1 saturated heterocycles. The van der Waals surface area contributed by atoms with Gasteiger partial charge in [0.05, 0.1) is 24.5 Å². The van der Waals surface area contributed by atoms with Crippen LogP contribution < -0.4 is 10.1 Å². The molecule has 0 unspecified atom stereocenters. The number of methoxy groups -OCH3 is 1. The van der Waals surface area contributed by atoms with Gasteiger partial charge in [-0.3, -0.25) is 4.79 Å². The Kier molecular flexibility index (Phi) is 7.44. The van der Waals surface area contributed by atoms with Crippen molar-refractivity contribution < 1.29 is 14.3 Å². The Morgan fingerprint density at radius 1 is 1.00 bits per heavy atom. The topological polar surface area (TPSA) is 79.7 Å². The molecule has 8 heteroatoms. The summed E-state index contributed by atoms with van der Waals surface area (Å²) < 4.78 is 7.28. The van der Waals surface area contributed by atoms with Crippen molar-refractivity contribution in [1.82, 2.24) is 24.7 Å². The quantitative estimate of drug-likeness (QED) is 0.537. The Hall–Kier alpha value is -3.55. The highest BCUT2D eigenvalue weighted by molar-refractivity contribution is 5.78. The van der Waals surface area contributed by atoms with E-state index in [1.54, 1.807) is 12.0 Å². The van der Waals surface area contributed by atoms with Crippen LogP contribution in [0.4, 0.5) is 4.79 Å². The van der Waals surface area contributed by atoms with Crippen molar-refractivity contribution in [3.05, 3.63) is 60.4 Å². The third kappa shape index (κ3) is 5.83. The minimum atomic E-state index is -0.0594. The lowest BCUT2D eigenvalue weighted by Gasteiger charge is -2.34. The molecule has 3 aromatic rings. The lowest BCUT2D eigenvalue weighted by atomic mass is 10.1. The number of nitrogens with one attached hydrogen (secondary N) is 1. The molecule has 0 bridgehead atoms. The average Bonchev–Trinajstić information content (AvgIpc) is 3.28. The minimum absolute atomic E-state index is 0.0594. The van der Waals surface area contributed by atoms with Crippen LogP contribution in [-0.4, -0.2) is 71.1 Å². The van der Waals surface area contributed by atoms with Gasteiger partial charge < -0.3 is 24.4 Å². The third-order valence-electron chi connectivity index (χ3n) is 6.09. The van der Waals surface area contributed by atoms with Crippen LogP contribution in [0.3, 0.4) is 0 Å². The van der Waals surface area contributed by atoms with E-state index in [0.29, 0.717) is 45.6 Å². The number of benzene rings is 2. The summed E-state index contributed by atoms with van der Waals surface area (Å²) in [5.41, 5.74) is 3.21. The van der Waals surface area contributed by atoms with Crippen LogP contribution in [0.2, 0.25) is 0 Å². The molecule has 8 nitrogen and oxygen atoms in total. The Bertz CT molecular complexity index is 1070. The molecule has 0 spiro atoms. The van der Waals surface area contributed by atoms with Crippen LogP contribution in [-0.2, 0) is 17.8 Å². The second kappa shape index (κ2) is 10.8. The van der Waals surface area contributed by atoms with Crippen molar-refractivity contribution >= 4 is 23.0 Å². The first-order valence-corrected chi connectivity index (χ1v) is 11.5. The number of carbonyl (C=O) groups excluding carboxylic acids is 2. The number of hydrogen-bond donors (Lipinski definition) is 1. The van der Waals surface area contributed by atoms with E-state index in [-0.39, 0.29) is 11.9 Å². The van der Waals surface area contributed by atoms with Crippen LogP contribution in [0.1, 0.15) is 18.4 Å². The van der Waals surface area contributed by atoms with Gasteiger partial charge in [0, 0.05) is 45.7 Å². The van der Waals surface area contributed by atoms with Gasteiger partial charge in [-0.15, -0.1) is 0 Å². The smallest absolute Gasteiger partial charge is 0.317 e. The normalized spacial score (nSPS) is 13.8. The van der Waals surface area contributed by atoms with Crippen LogP contribution in [0.5, 0.6) is 5.75 Å². The van der Waals surface area contributed by atoms with Gasteiger partial charge in [0.15, 0.2) is 0 Å². The van der Waals surface area contributed by atoms with E-state index in [4.69, 9.17) is 4.74 Å². The molecule has 0 radical (unpaired) electrons. The highest BCUT2D eigenvalue weighted by Gasteiger charge is 2.23. The van der Waals surface area contributed by atoms with Gasteiger partial charge in [0.1, 0.15) is 5.75 Å². The van der Waals surface area contributed by atoms with Gasteiger partial charge >= 0.3 is 6.03 Å². The molecule has 1 aliphatic rings. The number of ether oxygens (including phenoxy) is 1. The molecule has 2 aromatic carbocycles. The zero-order chi connectivity index (χ0) is 23.0. The molecular weight excluding hydrogens is 418 g/mol. The molecule has 1 aromatic heterocycles. The lowest BCUT2D eigenvalue weighted by molar-refractivity contribution is -0.132. The molecule has 4 rings (SSSR count). The molecule has 3 amide bonds. The number of urea groups is 1. The largest absolute Gasteiger partial charge is 0.497 e. The van der Waals surface area contributed by atoms with E-state index < -0.39 is 0 Å². The average molecular weight is 450 g/mol. The molecule has 0 aliphatic carbocycles. The molecule has 1 N–H and O–H groups in total. The number of nitrogens with zero attached hydrogens (tertiary/aromatic N) is 4. The molecule has 2 heterocycles. The van der Waals surface area contributed by atoms with Crippen LogP contribution in [0.15, 0.2) is 54.9 Å². The maximum Gasteiger partial charge on any atom is 0.317 e. The molecule has 0 atom stereocenters. The number of fused-ring (bicyclic) bond motifs is 1. The number of carbonyl (C=O) groups is 2. The van der Waals surface area contributed by atoms with Gasteiger partial charge in [-0.2, -0.15) is 0 Å². The first-order chi connectivity index (χ1) is 16.1. The zero-order valence-corrected chi connectivity index (χ0v) is 19.1. The fourth-order valence-corrected chi connectivity index (χ4v) is 4.11. The van der Waals surface area contributed by atoms with Crippen molar-refractivity contribution in [1.29, 1.82) is 0 Å². The summed E-state index contributed by atoms with van der Waals surface area (Å²) in [5.74, 6) is 0.952. The van der Waals surface area contributed by atoms with Gasteiger partial charge in [0.2, 0.25) is 5.91 Å². The number of amides is 3. The van der Waals surface area contributed by atoms with E-state index in [2.05, 4.69) is 20.9 Å². The number of hydrogen-bond acceptors (Lipinski definition) is 4. The first kappa shape index (κ1) is 22.6. The molecular formula is C25H31N5O3. The van der Waals surface area contributed by atoms with Crippen LogP contribution >= 0.6 is 0 Å². The van der Waals surface area contributed by atoms with Gasteiger partial charge in [-0.1, -0.05) is 24.3 Å². The fourth-order valence-electron chi connectivity index (χ4n) is 4.11. The highest BCUT2D eigenvalue weighted by Crippen LogP contribution is 2.14. The molecule has 174 valence electrons. The SMILES string of the molecule is COc1ccc(CCC(=O)N2CCN(C(=O)NCCCn3cnc4ccccc43)CC2)cc1. The van der Waals surface area contributed by atoms with Crippen LogP contribution in [0.25, 0.3) is 11.0 Å². The Labute approximate surface area is 194 Å². The summed E-state index contributed by atoms with van der Waals surface area (Å²) in [7, 11) is 1.64. The molecule has 1 aliphatic heterocycles. The maximum absolute atomic E-state index is 12.6. The summed E-state index contributed by atoms with van der Waals surface area (Å²) in [5, 5.41) is 3.00. The number of piperazine rings is 1. The zero-order valence-electron chi connectivity index (χ0n) is 19.1.